The molecular weight excluding hydrogens is 505 g/mol. The minimum Gasteiger partial charge on any atom is -0.443 e. The molecule has 1 amide bonds. The number of hydrogen-bond acceptors (Lipinski definition) is 4. The van der Waals surface area contributed by atoms with Gasteiger partial charge in [-0.2, -0.15) is 0 Å². The van der Waals surface area contributed by atoms with E-state index in [0.717, 1.165) is 0 Å². The van der Waals surface area contributed by atoms with Crippen LogP contribution in [0.4, 0.5) is 14.9 Å². The van der Waals surface area contributed by atoms with Crippen LogP contribution in [0.1, 0.15) is 74.3 Å². The zero-order valence-corrected chi connectivity index (χ0v) is 24.5. The Labute approximate surface area is 207 Å². The second-order valence-corrected chi connectivity index (χ2v) is 17.8. The van der Waals surface area contributed by atoms with Crippen molar-refractivity contribution in [3.63, 3.8) is 0 Å². The van der Waals surface area contributed by atoms with Crippen molar-refractivity contribution >= 4 is 41.8 Å². The van der Waals surface area contributed by atoms with Gasteiger partial charge in [0.05, 0.1) is 15.6 Å². The normalized spacial score (nSPS) is 21.1. The molecule has 1 unspecified atom stereocenters. The fourth-order valence-corrected chi connectivity index (χ4v) is 5.36. The average molecular weight is 545 g/mol. The van der Waals surface area contributed by atoms with Gasteiger partial charge in [0.2, 0.25) is 0 Å². The number of amides is 1. The van der Waals surface area contributed by atoms with Gasteiger partial charge in [0.15, 0.2) is 14.1 Å². The first-order chi connectivity index (χ1) is 14.6. The van der Waals surface area contributed by atoms with Gasteiger partial charge in [-0.1, -0.05) is 20.8 Å². The number of carbonyl (C=O) groups is 2. The number of ketones is 1. The van der Waals surface area contributed by atoms with Crippen LogP contribution in [0.5, 0.6) is 0 Å². The van der Waals surface area contributed by atoms with Crippen LogP contribution in [-0.2, 0) is 19.4 Å². The molecule has 1 aromatic carbocycles. The molecule has 1 atom stereocenters. The lowest BCUT2D eigenvalue weighted by Crippen LogP contribution is -2.63. The van der Waals surface area contributed by atoms with Gasteiger partial charge in [-0.25, -0.2) is 9.18 Å². The highest BCUT2D eigenvalue weighted by Crippen LogP contribution is 2.49. The zero-order chi connectivity index (χ0) is 25.8. The summed E-state index contributed by atoms with van der Waals surface area (Å²) < 4.78 is 26.9. The van der Waals surface area contributed by atoms with Gasteiger partial charge >= 0.3 is 6.09 Å². The molecule has 5 nitrogen and oxygen atoms in total. The van der Waals surface area contributed by atoms with Crippen molar-refractivity contribution in [3.8, 4) is 0 Å². The van der Waals surface area contributed by atoms with E-state index in [9.17, 15) is 14.0 Å². The molecule has 8 heteroatoms. The van der Waals surface area contributed by atoms with Crippen LogP contribution in [0, 0.1) is 5.82 Å². The third kappa shape index (κ3) is 5.38. The SMILES string of the molecule is CC(C)(C)OC(=O)N1c2cc(F)c(Br)cc2C(C)(CCO[Si](C)(C)C(C)(C)C)C(=O)C1(C)C. The van der Waals surface area contributed by atoms with Gasteiger partial charge in [-0.3, -0.25) is 9.69 Å². The number of benzene rings is 1. The van der Waals surface area contributed by atoms with Crippen LogP contribution in [-0.4, -0.2) is 37.9 Å². The number of fused-ring (bicyclic) bond motifs is 1. The number of halogens is 2. The van der Waals surface area contributed by atoms with Crippen LogP contribution in [0.2, 0.25) is 18.1 Å². The lowest BCUT2D eigenvalue weighted by Gasteiger charge is -2.49. The maximum Gasteiger partial charge on any atom is 0.415 e. The molecular formula is C25H39BrFNO4Si. The summed E-state index contributed by atoms with van der Waals surface area (Å²) in [5.41, 5.74) is -2.02. The lowest BCUT2D eigenvalue weighted by atomic mass is 9.66. The standard InChI is InChI=1S/C25H39BrFNO4Si/c1-22(2,3)32-21(30)28-19-15-18(27)17(26)14-16(19)25(9,20(29)24(28,7)8)12-13-31-33(10,11)23(4,5)6/h14-15H,12-13H2,1-11H3. The summed E-state index contributed by atoms with van der Waals surface area (Å²) >= 11 is 3.26. The maximum atomic E-state index is 14.7. The zero-order valence-electron chi connectivity index (χ0n) is 21.9. The van der Waals surface area contributed by atoms with E-state index in [1.54, 1.807) is 40.7 Å². The molecule has 2 rings (SSSR count). The van der Waals surface area contributed by atoms with Crippen molar-refractivity contribution in [3.05, 3.63) is 28.0 Å². The highest BCUT2D eigenvalue weighted by Gasteiger charge is 2.55. The molecule has 1 heterocycles. The van der Waals surface area contributed by atoms with Gasteiger partial charge in [-0.05, 0) is 99.7 Å². The van der Waals surface area contributed by atoms with Gasteiger partial charge in [0.1, 0.15) is 17.0 Å². The van der Waals surface area contributed by atoms with E-state index in [0.29, 0.717) is 24.3 Å². The molecule has 0 aromatic heterocycles. The predicted molar refractivity (Wildman–Crippen MR) is 137 cm³/mol. The molecule has 1 aromatic rings. The third-order valence-electron chi connectivity index (χ3n) is 6.94. The highest BCUT2D eigenvalue weighted by atomic mass is 79.9. The van der Waals surface area contributed by atoms with E-state index in [-0.39, 0.29) is 15.3 Å². The van der Waals surface area contributed by atoms with E-state index < -0.39 is 36.8 Å². The summed E-state index contributed by atoms with van der Waals surface area (Å²) in [6.07, 6.45) is -0.252. The van der Waals surface area contributed by atoms with Crippen molar-refractivity contribution in [1.82, 2.24) is 0 Å². The van der Waals surface area contributed by atoms with E-state index in [1.807, 2.05) is 6.92 Å². The second-order valence-electron chi connectivity index (χ2n) is 12.2. The molecule has 186 valence electrons. The molecule has 1 aliphatic rings. The van der Waals surface area contributed by atoms with Crippen molar-refractivity contribution in [2.45, 2.75) is 103 Å². The monoisotopic (exact) mass is 543 g/mol. The number of anilines is 1. The van der Waals surface area contributed by atoms with E-state index >= 15 is 0 Å². The fourth-order valence-electron chi connectivity index (χ4n) is 3.97. The molecule has 0 N–H and O–H groups in total. The summed E-state index contributed by atoms with van der Waals surface area (Å²) in [6.45, 7) is 21.8. The molecule has 0 saturated carbocycles. The molecule has 0 saturated heterocycles. The Morgan fingerprint density at radius 2 is 1.67 bits per heavy atom. The number of ether oxygens (including phenoxy) is 1. The number of Topliss-reactive ketones (excluding diaryl/α,β-unsaturated/α-hetero) is 1. The Bertz CT molecular complexity index is 949. The smallest absolute Gasteiger partial charge is 0.415 e. The van der Waals surface area contributed by atoms with Gasteiger partial charge in [0, 0.05) is 6.61 Å². The lowest BCUT2D eigenvalue weighted by molar-refractivity contribution is -0.129. The summed E-state index contributed by atoms with van der Waals surface area (Å²) in [5, 5.41) is 0.0430. The summed E-state index contributed by atoms with van der Waals surface area (Å²) in [5.74, 6) is -0.641. The topological polar surface area (TPSA) is 55.8 Å². The van der Waals surface area contributed by atoms with Crippen LogP contribution in [0.3, 0.4) is 0 Å². The van der Waals surface area contributed by atoms with E-state index in [4.69, 9.17) is 9.16 Å². The second kappa shape index (κ2) is 8.75. The molecule has 0 aliphatic carbocycles. The first-order valence-electron chi connectivity index (χ1n) is 11.4. The van der Waals surface area contributed by atoms with Crippen LogP contribution >= 0.6 is 15.9 Å². The molecule has 0 bridgehead atoms. The molecule has 33 heavy (non-hydrogen) atoms. The van der Waals surface area contributed by atoms with Crippen LogP contribution in [0.15, 0.2) is 16.6 Å². The number of nitrogens with zero attached hydrogens (tertiary/aromatic N) is 1. The summed E-state index contributed by atoms with van der Waals surface area (Å²) in [7, 11) is -2.01. The maximum absolute atomic E-state index is 14.7. The third-order valence-corrected chi connectivity index (χ3v) is 12.1. The van der Waals surface area contributed by atoms with Crippen molar-refractivity contribution in [2.24, 2.45) is 0 Å². The Morgan fingerprint density at radius 1 is 1.12 bits per heavy atom. The summed E-state index contributed by atoms with van der Waals surface area (Å²) in [6, 6.07) is 2.92. The van der Waals surface area contributed by atoms with Crippen molar-refractivity contribution in [2.75, 3.05) is 11.5 Å². The van der Waals surface area contributed by atoms with E-state index in [2.05, 4.69) is 49.8 Å². The molecule has 0 fully saturated rings. The quantitative estimate of drug-likeness (QED) is 0.372. The van der Waals surface area contributed by atoms with Crippen molar-refractivity contribution < 1.29 is 23.1 Å². The van der Waals surface area contributed by atoms with E-state index in [1.165, 1.54) is 11.0 Å². The highest BCUT2D eigenvalue weighted by molar-refractivity contribution is 9.10. The minimum absolute atomic E-state index is 0.0430. The first-order valence-corrected chi connectivity index (χ1v) is 15.1. The average Bonchev–Trinajstić information content (AvgIpc) is 2.59. The fraction of sp³-hybridized carbons (Fsp3) is 0.680. The Balaban J connectivity index is 2.58. The molecule has 0 radical (unpaired) electrons. The van der Waals surface area contributed by atoms with Crippen molar-refractivity contribution in [1.29, 1.82) is 0 Å². The Kier molecular flexibility index (Phi) is 7.42. The van der Waals surface area contributed by atoms with Gasteiger partial charge in [-0.15, -0.1) is 0 Å². The Morgan fingerprint density at radius 3 is 2.15 bits per heavy atom. The largest absolute Gasteiger partial charge is 0.443 e. The number of carbonyl (C=O) groups excluding carboxylic acids is 2. The first kappa shape index (κ1) is 28.0. The minimum atomic E-state index is -2.01. The predicted octanol–water partition coefficient (Wildman–Crippen LogP) is 7.36. The molecule has 1 aliphatic heterocycles. The number of hydrogen-bond donors (Lipinski definition) is 0. The van der Waals surface area contributed by atoms with Gasteiger partial charge < -0.3 is 9.16 Å². The molecule has 0 spiro atoms. The Hall–Kier alpha value is -1.25. The van der Waals surface area contributed by atoms with Crippen LogP contribution < -0.4 is 4.90 Å². The number of rotatable bonds is 4. The summed E-state index contributed by atoms with van der Waals surface area (Å²) in [4.78, 5) is 28.5. The van der Waals surface area contributed by atoms with Gasteiger partial charge in [0.25, 0.3) is 0 Å². The van der Waals surface area contributed by atoms with Crippen LogP contribution in [0.25, 0.3) is 0 Å².